The maximum Gasteiger partial charge on any atom is 0.305 e. The molecular weight excluding hydrogens is 526 g/mol. The van der Waals surface area contributed by atoms with Crippen molar-refractivity contribution in [1.82, 2.24) is 19.2 Å². The van der Waals surface area contributed by atoms with Crippen molar-refractivity contribution in [3.8, 4) is 0 Å². The Bertz CT molecular complexity index is 1620. The van der Waals surface area contributed by atoms with Gasteiger partial charge in [0.15, 0.2) is 0 Å². The van der Waals surface area contributed by atoms with Gasteiger partial charge in [-0.3, -0.25) is 9.59 Å². The summed E-state index contributed by atoms with van der Waals surface area (Å²) in [7, 11) is -4.03. The Kier molecular flexibility index (Phi) is 6.29. The smallest absolute Gasteiger partial charge is 0.305 e. The molecule has 1 atom stereocenters. The number of thiophene rings is 1. The van der Waals surface area contributed by atoms with Crippen molar-refractivity contribution < 1.29 is 23.1 Å². The number of aliphatic carboxylic acids is 1. The molecule has 2 aromatic carbocycles. The summed E-state index contributed by atoms with van der Waals surface area (Å²) >= 11 is 7.08. The van der Waals surface area contributed by atoms with Gasteiger partial charge in [0.2, 0.25) is 5.91 Å². The monoisotopic (exact) mass is 545 g/mol. The van der Waals surface area contributed by atoms with Crippen molar-refractivity contribution in [2.45, 2.75) is 23.2 Å². The molecule has 0 bridgehead atoms. The Hall–Kier alpha value is -3.32. The van der Waals surface area contributed by atoms with Crippen molar-refractivity contribution in [1.29, 1.82) is 0 Å². The average Bonchev–Trinajstić information content (AvgIpc) is 3.25. The third kappa shape index (κ3) is 4.60. The SMILES string of the molecule is Nc1ncnc2cc(CN3C(=O)CN(S(=O)(=O)c4cc5ccc(Cl)cc5s4)C[C@@H]3CC(=O)O)ccc12. The number of benzene rings is 2. The van der Waals surface area contributed by atoms with Gasteiger partial charge in [-0.05, 0) is 41.3 Å². The number of carbonyl (C=O) groups excluding carboxylic acids is 1. The molecule has 3 N–H and O–H groups in total. The average molecular weight is 546 g/mol. The van der Waals surface area contributed by atoms with E-state index in [-0.39, 0.29) is 17.3 Å². The van der Waals surface area contributed by atoms with Crippen LogP contribution in [0.25, 0.3) is 21.0 Å². The summed E-state index contributed by atoms with van der Waals surface area (Å²) in [5, 5.41) is 11.4. The van der Waals surface area contributed by atoms with Crippen LogP contribution in [0.2, 0.25) is 5.02 Å². The molecule has 0 aliphatic carbocycles. The summed E-state index contributed by atoms with van der Waals surface area (Å²) < 4.78 is 28.7. The molecule has 13 heteroatoms. The van der Waals surface area contributed by atoms with Gasteiger partial charge in [-0.15, -0.1) is 11.3 Å². The van der Waals surface area contributed by atoms with Crippen LogP contribution in [0.5, 0.6) is 0 Å². The van der Waals surface area contributed by atoms with Crippen molar-refractivity contribution in [3.63, 3.8) is 0 Å². The number of carbonyl (C=O) groups is 2. The number of hydrogen-bond acceptors (Lipinski definition) is 8. The lowest BCUT2D eigenvalue weighted by molar-refractivity contribution is -0.144. The first kappa shape index (κ1) is 24.4. The van der Waals surface area contributed by atoms with Gasteiger partial charge in [0.05, 0.1) is 24.5 Å². The number of nitrogen functional groups attached to an aromatic ring is 1. The highest BCUT2D eigenvalue weighted by Crippen LogP contribution is 2.34. The third-order valence-corrected chi connectivity index (χ3v) is 9.63. The number of carboxylic acid groups (broad SMARTS) is 1. The first-order valence-electron chi connectivity index (χ1n) is 10.8. The second-order valence-corrected chi connectivity index (χ2v) is 12.1. The Morgan fingerprint density at radius 2 is 2.00 bits per heavy atom. The van der Waals surface area contributed by atoms with E-state index in [2.05, 4.69) is 9.97 Å². The van der Waals surface area contributed by atoms with E-state index in [0.717, 1.165) is 21.0 Å². The van der Waals surface area contributed by atoms with E-state index in [1.54, 1.807) is 36.4 Å². The normalized spacial score (nSPS) is 17.2. The summed E-state index contributed by atoms with van der Waals surface area (Å²) in [4.78, 5) is 34.4. The number of sulfonamides is 1. The molecule has 5 rings (SSSR count). The van der Waals surface area contributed by atoms with Crippen molar-refractivity contribution in [2.24, 2.45) is 0 Å². The van der Waals surface area contributed by atoms with Crippen LogP contribution in [0, 0.1) is 0 Å². The molecule has 4 aromatic rings. The van der Waals surface area contributed by atoms with Gasteiger partial charge in [-0.1, -0.05) is 23.7 Å². The lowest BCUT2D eigenvalue weighted by Gasteiger charge is -2.39. The maximum absolute atomic E-state index is 13.4. The zero-order valence-corrected chi connectivity index (χ0v) is 21.1. The molecule has 36 heavy (non-hydrogen) atoms. The summed E-state index contributed by atoms with van der Waals surface area (Å²) in [6, 6.07) is 11.0. The molecule has 1 amide bonds. The van der Waals surface area contributed by atoms with Gasteiger partial charge in [-0.2, -0.15) is 4.31 Å². The first-order chi connectivity index (χ1) is 17.1. The number of halogens is 1. The molecule has 1 aliphatic heterocycles. The van der Waals surface area contributed by atoms with Crippen LogP contribution in [-0.2, 0) is 26.2 Å². The fourth-order valence-corrected chi connectivity index (χ4v) is 7.53. The number of fused-ring (bicyclic) bond motifs is 2. The van der Waals surface area contributed by atoms with Crippen LogP contribution in [0.4, 0.5) is 5.82 Å². The molecule has 0 radical (unpaired) electrons. The van der Waals surface area contributed by atoms with Crippen LogP contribution >= 0.6 is 22.9 Å². The predicted octanol–water partition coefficient (Wildman–Crippen LogP) is 2.96. The summed E-state index contributed by atoms with van der Waals surface area (Å²) in [5.74, 6) is -1.29. The number of nitrogens with two attached hydrogens (primary N) is 1. The number of carboxylic acids is 1. The molecule has 1 saturated heterocycles. The summed E-state index contributed by atoms with van der Waals surface area (Å²) in [6.07, 6.45) is 0.938. The Morgan fingerprint density at radius 1 is 1.19 bits per heavy atom. The molecule has 1 aliphatic rings. The number of piperazine rings is 1. The zero-order chi connectivity index (χ0) is 25.6. The van der Waals surface area contributed by atoms with Gasteiger partial charge < -0.3 is 15.7 Å². The van der Waals surface area contributed by atoms with E-state index in [9.17, 15) is 23.1 Å². The van der Waals surface area contributed by atoms with E-state index < -0.39 is 40.9 Å². The minimum Gasteiger partial charge on any atom is -0.481 e. The van der Waals surface area contributed by atoms with E-state index in [4.69, 9.17) is 17.3 Å². The molecule has 3 heterocycles. The summed E-state index contributed by atoms with van der Waals surface area (Å²) in [5.41, 5.74) is 7.18. The molecule has 186 valence electrons. The maximum atomic E-state index is 13.4. The molecule has 0 spiro atoms. The fraction of sp³-hybridized carbons (Fsp3) is 0.217. The number of aromatic nitrogens is 2. The van der Waals surface area contributed by atoms with Crippen molar-refractivity contribution in [3.05, 3.63) is 59.4 Å². The predicted molar refractivity (Wildman–Crippen MR) is 136 cm³/mol. The number of amides is 1. The topological polar surface area (TPSA) is 147 Å². The second-order valence-electron chi connectivity index (χ2n) is 8.43. The lowest BCUT2D eigenvalue weighted by atomic mass is 10.1. The number of anilines is 1. The van der Waals surface area contributed by atoms with Gasteiger partial charge in [-0.25, -0.2) is 18.4 Å². The van der Waals surface area contributed by atoms with Crippen LogP contribution in [0.1, 0.15) is 12.0 Å². The van der Waals surface area contributed by atoms with Gasteiger partial charge in [0.25, 0.3) is 10.0 Å². The quantitative estimate of drug-likeness (QED) is 0.376. The second kappa shape index (κ2) is 9.28. The van der Waals surface area contributed by atoms with E-state index in [0.29, 0.717) is 32.0 Å². The van der Waals surface area contributed by atoms with Crippen LogP contribution in [0.15, 0.2) is 53.0 Å². The standard InChI is InChI=1S/C23H20ClN5O5S2/c24-15-3-2-14-6-22(35-19(14)7-15)36(33,34)28-10-16(8-21(31)32)29(20(30)11-28)9-13-1-4-17-18(5-13)26-12-27-23(17)25/h1-7,12,16H,8-11H2,(H,31,32)(H2,25,26,27)/t16-/m0/s1. The number of rotatable bonds is 6. The highest BCUT2D eigenvalue weighted by molar-refractivity contribution is 7.91. The molecule has 0 saturated carbocycles. The first-order valence-corrected chi connectivity index (χ1v) is 13.4. The van der Waals surface area contributed by atoms with Crippen LogP contribution in [0.3, 0.4) is 0 Å². The molecule has 0 unspecified atom stereocenters. The third-order valence-electron chi connectivity index (χ3n) is 6.04. The lowest BCUT2D eigenvalue weighted by Crippen LogP contribution is -2.57. The van der Waals surface area contributed by atoms with E-state index in [1.807, 2.05) is 0 Å². The summed E-state index contributed by atoms with van der Waals surface area (Å²) in [6.45, 7) is -0.430. The van der Waals surface area contributed by atoms with E-state index >= 15 is 0 Å². The van der Waals surface area contributed by atoms with Crippen molar-refractivity contribution >= 4 is 71.6 Å². The fourth-order valence-electron chi connectivity index (χ4n) is 4.27. The Morgan fingerprint density at radius 3 is 2.78 bits per heavy atom. The number of nitrogens with zero attached hydrogens (tertiary/aromatic N) is 4. The number of hydrogen-bond donors (Lipinski definition) is 2. The van der Waals surface area contributed by atoms with Gasteiger partial charge in [0.1, 0.15) is 16.4 Å². The van der Waals surface area contributed by atoms with Crippen molar-refractivity contribution in [2.75, 3.05) is 18.8 Å². The largest absolute Gasteiger partial charge is 0.481 e. The molecular formula is C23H20ClN5O5S2. The Balaban J connectivity index is 1.43. The van der Waals surface area contributed by atoms with Crippen LogP contribution < -0.4 is 5.73 Å². The molecule has 1 fully saturated rings. The Labute approximate surface area is 215 Å². The zero-order valence-electron chi connectivity index (χ0n) is 18.7. The molecule has 10 nitrogen and oxygen atoms in total. The van der Waals surface area contributed by atoms with E-state index in [1.165, 1.54) is 17.3 Å². The van der Waals surface area contributed by atoms with Gasteiger partial charge >= 0.3 is 5.97 Å². The highest BCUT2D eigenvalue weighted by Gasteiger charge is 2.40. The highest BCUT2D eigenvalue weighted by atomic mass is 35.5. The van der Waals surface area contributed by atoms with Gasteiger partial charge in [0, 0.05) is 28.2 Å². The van der Waals surface area contributed by atoms with Crippen LogP contribution in [-0.4, -0.2) is 63.7 Å². The minimum atomic E-state index is -4.03. The minimum absolute atomic E-state index is 0.0712. The molecule has 2 aromatic heterocycles.